The number of nitrogens with one attached hydrogen (secondary N) is 1. The third-order valence-corrected chi connectivity index (χ3v) is 6.16. The van der Waals surface area contributed by atoms with Crippen molar-refractivity contribution in [1.82, 2.24) is 19.7 Å². The van der Waals surface area contributed by atoms with Crippen molar-refractivity contribution in [2.45, 2.75) is 36.9 Å². The number of nitrogens with two attached hydrogens (primary N) is 1. The number of anilines is 1. The van der Waals surface area contributed by atoms with Crippen LogP contribution in [0.15, 0.2) is 23.5 Å². The highest BCUT2D eigenvalue weighted by Gasteiger charge is 2.57. The molecule has 15 heteroatoms. The number of carbonyl (C=O) groups is 1. The van der Waals surface area contributed by atoms with Crippen LogP contribution in [0, 0.1) is 0 Å². The predicted molar refractivity (Wildman–Crippen MR) is 106 cm³/mol. The average Bonchev–Trinajstić information content (AvgIpc) is 3.23. The summed E-state index contributed by atoms with van der Waals surface area (Å²) in [4.78, 5) is 28.4. The minimum Gasteiger partial charge on any atom is -0.480 e. The highest BCUT2D eigenvalue weighted by Crippen LogP contribution is 2.44. The van der Waals surface area contributed by atoms with Crippen LogP contribution in [0.25, 0.3) is 5.52 Å². The summed E-state index contributed by atoms with van der Waals surface area (Å²) < 4.78 is 24.3. The number of carboxylic acid groups (broad SMARTS) is 1. The fourth-order valence-corrected chi connectivity index (χ4v) is 4.42. The Morgan fingerprint density at radius 1 is 1.55 bits per heavy atom. The number of carboxylic acids is 1. The molecular weight excluding hydrogens is 435 g/mol. The van der Waals surface area contributed by atoms with E-state index in [0.717, 1.165) is 6.92 Å². The molecule has 31 heavy (non-hydrogen) atoms. The van der Waals surface area contributed by atoms with Crippen molar-refractivity contribution in [3.63, 3.8) is 0 Å². The van der Waals surface area contributed by atoms with Crippen LogP contribution in [-0.4, -0.2) is 85.0 Å². The first kappa shape index (κ1) is 23.2. The van der Waals surface area contributed by atoms with Crippen molar-refractivity contribution in [2.75, 3.05) is 18.9 Å². The number of aromatic nitrogens is 3. The van der Waals surface area contributed by atoms with Gasteiger partial charge >= 0.3 is 13.7 Å². The first-order valence-corrected chi connectivity index (χ1v) is 10.6. The number of ether oxygens (including phenoxy) is 1. The summed E-state index contributed by atoms with van der Waals surface area (Å²) in [5.74, 6) is -1.18. The molecule has 2 aromatic rings. The van der Waals surface area contributed by atoms with Gasteiger partial charge in [0.2, 0.25) is 0 Å². The molecule has 1 saturated heterocycles. The van der Waals surface area contributed by atoms with Gasteiger partial charge in [0.1, 0.15) is 36.2 Å². The van der Waals surface area contributed by atoms with Gasteiger partial charge in [-0.3, -0.25) is 14.3 Å². The number of aliphatic imine (C=N–C) groups is 1. The van der Waals surface area contributed by atoms with Crippen LogP contribution in [0.5, 0.6) is 0 Å². The molecule has 0 aliphatic carbocycles. The molecule has 14 nitrogen and oxygen atoms in total. The van der Waals surface area contributed by atoms with Crippen molar-refractivity contribution >= 4 is 31.8 Å². The first-order chi connectivity index (χ1) is 14.5. The Balaban J connectivity index is 1.87. The summed E-state index contributed by atoms with van der Waals surface area (Å²) in [7, 11) is -4.55. The third-order valence-electron chi connectivity index (χ3n) is 4.95. The number of hydrogen-bond donors (Lipinski definition) is 6. The molecule has 1 aliphatic rings. The van der Waals surface area contributed by atoms with Gasteiger partial charge in [-0.2, -0.15) is 5.10 Å². The van der Waals surface area contributed by atoms with Crippen molar-refractivity contribution in [3.05, 3.63) is 24.2 Å². The fourth-order valence-electron chi connectivity index (χ4n) is 3.40. The molecule has 0 radical (unpaired) electrons. The molecule has 6 atom stereocenters. The molecule has 1 fully saturated rings. The Labute approximate surface area is 175 Å². The Kier molecular flexibility index (Phi) is 6.43. The Bertz CT molecular complexity index is 1030. The van der Waals surface area contributed by atoms with Crippen LogP contribution in [0.1, 0.15) is 12.6 Å². The zero-order chi connectivity index (χ0) is 23.0. The highest BCUT2D eigenvalue weighted by molar-refractivity contribution is 7.50. The number of aliphatic carboxylic acids is 1. The lowest BCUT2D eigenvalue weighted by atomic mass is 9.91. The summed E-state index contributed by atoms with van der Waals surface area (Å²) in [5.41, 5.74) is 4.94. The van der Waals surface area contributed by atoms with Gasteiger partial charge in [0, 0.05) is 0 Å². The molecule has 7 N–H and O–H groups in total. The van der Waals surface area contributed by atoms with Gasteiger partial charge < -0.3 is 30.7 Å². The molecule has 2 unspecified atom stereocenters. The molecule has 2 aromatic heterocycles. The van der Waals surface area contributed by atoms with Crippen molar-refractivity contribution in [1.29, 1.82) is 0 Å². The number of aliphatic hydroxyl groups is 2. The van der Waals surface area contributed by atoms with Crippen molar-refractivity contribution in [2.24, 2.45) is 4.99 Å². The van der Waals surface area contributed by atoms with E-state index < -0.39 is 50.3 Å². The quantitative estimate of drug-likeness (QED) is 0.187. The molecule has 0 bridgehead atoms. The predicted octanol–water partition coefficient (Wildman–Crippen LogP) is -1.49. The maximum atomic E-state index is 12.1. The minimum absolute atomic E-state index is 0.177. The topological polar surface area (TPSA) is 214 Å². The molecule has 0 amide bonds. The van der Waals surface area contributed by atoms with Crippen LogP contribution in [0.3, 0.4) is 0 Å². The van der Waals surface area contributed by atoms with E-state index >= 15 is 0 Å². The van der Waals surface area contributed by atoms with Crippen LogP contribution < -0.4 is 10.8 Å². The largest absolute Gasteiger partial charge is 0.480 e. The van der Waals surface area contributed by atoms with E-state index in [9.17, 15) is 24.5 Å². The number of fused-ring (bicyclic) bond motifs is 1. The zero-order valence-corrected chi connectivity index (χ0v) is 17.3. The van der Waals surface area contributed by atoms with E-state index in [-0.39, 0.29) is 12.4 Å². The molecule has 0 spiro atoms. The lowest BCUT2D eigenvalue weighted by molar-refractivity contribution is -0.138. The Hall–Kier alpha value is -2.45. The number of rotatable bonds is 9. The van der Waals surface area contributed by atoms with Gasteiger partial charge in [-0.05, 0) is 25.8 Å². The highest BCUT2D eigenvalue weighted by atomic mass is 31.2. The van der Waals surface area contributed by atoms with Gasteiger partial charge in [-0.1, -0.05) is 0 Å². The van der Waals surface area contributed by atoms with E-state index in [1.807, 2.05) is 5.09 Å². The molecule has 1 aliphatic heterocycles. The smallest absolute Gasteiger partial charge is 0.403 e. The number of aliphatic hydroxyl groups excluding tert-OH is 2. The van der Waals surface area contributed by atoms with Crippen molar-refractivity contribution in [3.8, 4) is 0 Å². The molecule has 3 rings (SSSR count). The van der Waals surface area contributed by atoms with Crippen LogP contribution in [0.4, 0.5) is 5.82 Å². The summed E-state index contributed by atoms with van der Waals surface area (Å²) >= 11 is 0. The second kappa shape index (κ2) is 8.59. The van der Waals surface area contributed by atoms with E-state index in [4.69, 9.17) is 20.1 Å². The second-order valence-electron chi connectivity index (χ2n) is 7.03. The maximum Gasteiger partial charge on any atom is 0.403 e. The van der Waals surface area contributed by atoms with Crippen LogP contribution in [-0.2, 0) is 24.2 Å². The minimum atomic E-state index is -4.55. The van der Waals surface area contributed by atoms with E-state index in [0.29, 0.717) is 11.2 Å². The monoisotopic (exact) mass is 458 g/mol. The molecule has 0 saturated carbocycles. The lowest BCUT2D eigenvalue weighted by Crippen LogP contribution is -2.44. The van der Waals surface area contributed by atoms with E-state index in [2.05, 4.69) is 21.8 Å². The maximum absolute atomic E-state index is 12.1. The van der Waals surface area contributed by atoms with Gasteiger partial charge in [0.15, 0.2) is 11.4 Å². The first-order valence-electron chi connectivity index (χ1n) is 9.05. The number of nitrogen functional groups attached to an aromatic ring is 1. The Morgan fingerprint density at radius 2 is 2.26 bits per heavy atom. The zero-order valence-electron chi connectivity index (χ0n) is 16.4. The second-order valence-corrected chi connectivity index (χ2v) is 8.59. The lowest BCUT2D eigenvalue weighted by Gasteiger charge is -2.30. The summed E-state index contributed by atoms with van der Waals surface area (Å²) in [5, 5.41) is 36.3. The number of nitrogens with zero attached hydrogens (tertiary/aromatic N) is 4. The van der Waals surface area contributed by atoms with Crippen LogP contribution in [0.2, 0.25) is 0 Å². The summed E-state index contributed by atoms with van der Waals surface area (Å²) in [6.07, 6.45) is -3.13. The summed E-state index contributed by atoms with van der Waals surface area (Å²) in [6.45, 7) is 3.76. The molecule has 0 aromatic carbocycles. The third kappa shape index (κ3) is 4.32. The number of hydrogen-bond acceptors (Lipinski definition) is 10. The van der Waals surface area contributed by atoms with E-state index in [1.165, 1.54) is 10.8 Å². The SMILES string of the molecule is C=NC[C@@]1(c2ccc3c(N)ncnn23)O[C@H](COP(=O)(O)NC(C)C(=O)O)[C@@H](O)[C@H]1O. The average molecular weight is 458 g/mol. The van der Waals surface area contributed by atoms with Crippen molar-refractivity contribution < 1.29 is 38.8 Å². The summed E-state index contributed by atoms with van der Waals surface area (Å²) in [6, 6.07) is 1.80. The molecule has 3 heterocycles. The molecule has 170 valence electrons. The standard InChI is InChI=1S/C16H23N6O8P/c1-8(15(25)26)21-31(27,28)29-5-10-12(23)13(24)16(30-10,6-18-2)11-4-3-9-14(17)19-7-20-22(9)11/h3-4,7-8,10,12-13,23-24H,2,5-6H2,1H3,(H,25,26)(H2,17,19,20)(H2,21,27,28)/t8?,10-,12-,13-,16+/m1/s1. The van der Waals surface area contributed by atoms with Gasteiger partial charge in [-0.15, -0.1) is 0 Å². The molecular formula is C16H23N6O8P. The fraction of sp³-hybridized carbons (Fsp3) is 0.500. The normalized spacial score (nSPS) is 29.0. The van der Waals surface area contributed by atoms with Gasteiger partial charge in [0.25, 0.3) is 0 Å². The van der Waals surface area contributed by atoms with E-state index in [1.54, 1.807) is 12.1 Å². The van der Waals surface area contributed by atoms with Gasteiger partial charge in [0.05, 0.1) is 18.8 Å². The Morgan fingerprint density at radius 3 is 2.90 bits per heavy atom. The van der Waals surface area contributed by atoms with Gasteiger partial charge in [-0.25, -0.2) is 19.2 Å². The van der Waals surface area contributed by atoms with Crippen LogP contribution >= 0.6 is 7.75 Å².